The van der Waals surface area contributed by atoms with Crippen LogP contribution in [0.5, 0.6) is 0 Å². The number of hydrogen-bond acceptors (Lipinski definition) is 0. The van der Waals surface area contributed by atoms with Gasteiger partial charge >= 0.3 is 0 Å². The van der Waals surface area contributed by atoms with Crippen LogP contribution in [0.1, 0.15) is 19.8 Å². The van der Waals surface area contributed by atoms with Crippen LogP contribution in [0.25, 0.3) is 0 Å². The highest BCUT2D eigenvalue weighted by Gasteiger charge is 1.75. The summed E-state index contributed by atoms with van der Waals surface area (Å²) in [5.41, 5.74) is 0. The molecule has 0 aromatic heterocycles. The van der Waals surface area contributed by atoms with Gasteiger partial charge in [-0.05, 0) is 18.6 Å². The van der Waals surface area contributed by atoms with E-state index in [1.54, 1.807) is 0 Å². The van der Waals surface area contributed by atoms with Crippen LogP contribution in [-0.2, 0) is 0 Å². The minimum atomic E-state index is 0. The number of alkyl halides is 1. The van der Waals surface area contributed by atoms with Crippen molar-refractivity contribution < 1.29 is 5.48 Å². The van der Waals surface area contributed by atoms with Gasteiger partial charge in [0.25, 0.3) is 0 Å². The largest absolute Gasteiger partial charge is 0.412 e. The molecule has 0 aliphatic rings. The van der Waals surface area contributed by atoms with Gasteiger partial charge in [-0.3, -0.25) is 0 Å². The molecule has 0 aliphatic carbocycles. The molecule has 3 heteroatoms. The molecule has 1 rings (SSSR count). The van der Waals surface area contributed by atoms with Crippen LogP contribution in [-0.4, -0.2) is 11.4 Å². The molecule has 2 N–H and O–H groups in total. The number of benzene rings is 1. The summed E-state index contributed by atoms with van der Waals surface area (Å²) in [5.74, 6) is 0.816. The number of rotatable bonds is 2. The summed E-state index contributed by atoms with van der Waals surface area (Å²) < 4.78 is 0. The molecule has 0 heterocycles. The van der Waals surface area contributed by atoms with E-state index in [0.29, 0.717) is 0 Å². The minimum Gasteiger partial charge on any atom is -0.412 e. The zero-order valence-electron chi connectivity index (χ0n) is 7.76. The van der Waals surface area contributed by atoms with Gasteiger partial charge in [-0.2, -0.15) is 0 Å². The molecule has 0 saturated carbocycles. The van der Waals surface area contributed by atoms with Gasteiger partial charge < -0.3 is 5.48 Å². The maximum Gasteiger partial charge on any atom is 0.0405 e. The zero-order valence-corrected chi connectivity index (χ0v) is 9.28. The third-order valence-corrected chi connectivity index (χ3v) is 1.74. The predicted molar refractivity (Wildman–Crippen MR) is 60.7 cm³/mol. The van der Waals surface area contributed by atoms with Gasteiger partial charge in [0, 0.05) is 10.9 Å². The van der Waals surface area contributed by atoms with Crippen molar-refractivity contribution in [3.05, 3.63) is 35.4 Å². The smallest absolute Gasteiger partial charge is 0.0405 e. The lowest BCUT2D eigenvalue weighted by molar-refractivity contribution is 0.824. The minimum absolute atomic E-state index is 0. The molecule has 0 aliphatic heterocycles. The van der Waals surface area contributed by atoms with Gasteiger partial charge in [-0.15, -0.1) is 11.6 Å². The highest BCUT2D eigenvalue weighted by molar-refractivity contribution is 6.30. The van der Waals surface area contributed by atoms with E-state index in [1.165, 1.54) is 6.42 Å². The van der Waals surface area contributed by atoms with E-state index < -0.39 is 0 Å². The fraction of sp³-hybridized carbons (Fsp3) is 0.400. The fourth-order valence-electron chi connectivity index (χ4n) is 0.548. The lowest BCUT2D eigenvalue weighted by atomic mass is 10.4. The summed E-state index contributed by atoms with van der Waals surface area (Å²) in [6.07, 6.45) is 2.37. The van der Waals surface area contributed by atoms with Crippen LogP contribution in [0.15, 0.2) is 30.3 Å². The van der Waals surface area contributed by atoms with E-state index in [9.17, 15) is 0 Å². The number of hydrogen-bond donors (Lipinski definition) is 0. The summed E-state index contributed by atoms with van der Waals surface area (Å²) in [6.45, 7) is 2.13. The molecule has 1 nitrogen and oxygen atoms in total. The molecule has 0 bridgehead atoms. The molecule has 0 radical (unpaired) electrons. The normalized spacial score (nSPS) is 7.92. The Bertz CT molecular complexity index is 176. The highest BCUT2D eigenvalue weighted by atomic mass is 35.5. The van der Waals surface area contributed by atoms with E-state index in [4.69, 9.17) is 23.2 Å². The van der Waals surface area contributed by atoms with Crippen LogP contribution in [0.2, 0.25) is 5.02 Å². The van der Waals surface area contributed by atoms with E-state index in [2.05, 4.69) is 6.92 Å². The Labute approximate surface area is 90.0 Å². The summed E-state index contributed by atoms with van der Waals surface area (Å²) in [5, 5.41) is 0.794. The Morgan fingerprint density at radius 2 is 1.69 bits per heavy atom. The van der Waals surface area contributed by atoms with E-state index >= 15 is 0 Å². The Balaban J connectivity index is 0. The third kappa shape index (κ3) is 11.8. The van der Waals surface area contributed by atoms with Gasteiger partial charge in [0.2, 0.25) is 0 Å². The Morgan fingerprint density at radius 1 is 1.15 bits per heavy atom. The van der Waals surface area contributed by atoms with Crippen LogP contribution in [0, 0.1) is 0 Å². The Morgan fingerprint density at radius 3 is 1.85 bits per heavy atom. The molecule has 13 heavy (non-hydrogen) atoms. The van der Waals surface area contributed by atoms with Gasteiger partial charge in [-0.1, -0.05) is 43.1 Å². The summed E-state index contributed by atoms with van der Waals surface area (Å²) in [4.78, 5) is 0. The number of unbranched alkanes of at least 4 members (excludes halogenated alkanes) is 1. The molecule has 0 spiro atoms. The van der Waals surface area contributed by atoms with Gasteiger partial charge in [-0.25, -0.2) is 0 Å². The molecule has 0 unspecified atom stereocenters. The van der Waals surface area contributed by atoms with Crippen molar-refractivity contribution >= 4 is 23.2 Å². The number of halogens is 2. The van der Waals surface area contributed by atoms with Crippen LogP contribution >= 0.6 is 23.2 Å². The molecule has 0 atom stereocenters. The Hall–Kier alpha value is -0.240. The molecule has 1 aromatic carbocycles. The molecule has 1 aromatic rings. The van der Waals surface area contributed by atoms with Crippen LogP contribution < -0.4 is 0 Å². The van der Waals surface area contributed by atoms with Crippen molar-refractivity contribution in [2.75, 3.05) is 5.88 Å². The van der Waals surface area contributed by atoms with E-state index in [0.717, 1.165) is 17.3 Å². The SMILES string of the molecule is CCCCCl.Clc1ccccc1.O. The first kappa shape index (κ1) is 15.2. The van der Waals surface area contributed by atoms with Crippen molar-refractivity contribution in [3.8, 4) is 0 Å². The summed E-state index contributed by atoms with van der Waals surface area (Å²) in [6, 6.07) is 9.44. The van der Waals surface area contributed by atoms with Gasteiger partial charge in [0.05, 0.1) is 0 Å². The second kappa shape index (κ2) is 11.8. The zero-order chi connectivity index (χ0) is 9.23. The van der Waals surface area contributed by atoms with Crippen LogP contribution in [0.4, 0.5) is 0 Å². The molecule has 0 amide bonds. The maximum atomic E-state index is 5.54. The second-order valence-electron chi connectivity index (χ2n) is 2.34. The maximum absolute atomic E-state index is 5.54. The van der Waals surface area contributed by atoms with Crippen LogP contribution in [0.3, 0.4) is 0 Å². The van der Waals surface area contributed by atoms with Crippen molar-refractivity contribution in [2.24, 2.45) is 0 Å². The standard InChI is InChI=1S/C6H5Cl.C4H9Cl.H2O/c7-6-4-2-1-3-5-6;1-2-3-4-5;/h1-5H;2-4H2,1H3;1H2. The lowest BCUT2D eigenvalue weighted by Gasteiger charge is -1.80. The molecule has 76 valence electrons. The second-order valence-corrected chi connectivity index (χ2v) is 3.15. The third-order valence-electron chi connectivity index (χ3n) is 1.22. The molecule has 0 fully saturated rings. The quantitative estimate of drug-likeness (QED) is 0.687. The summed E-state index contributed by atoms with van der Waals surface area (Å²) >= 11 is 10.8. The fourth-order valence-corrected chi connectivity index (χ4v) is 0.961. The first-order valence-electron chi connectivity index (χ1n) is 4.07. The van der Waals surface area contributed by atoms with E-state index in [-0.39, 0.29) is 5.48 Å². The first-order chi connectivity index (χ1) is 5.81. The lowest BCUT2D eigenvalue weighted by Crippen LogP contribution is -1.65. The van der Waals surface area contributed by atoms with Crippen molar-refractivity contribution in [3.63, 3.8) is 0 Å². The molecular weight excluding hydrogens is 207 g/mol. The molecule has 0 saturated heterocycles. The topological polar surface area (TPSA) is 31.5 Å². The van der Waals surface area contributed by atoms with Crippen molar-refractivity contribution in [1.82, 2.24) is 0 Å². The monoisotopic (exact) mass is 222 g/mol. The van der Waals surface area contributed by atoms with Gasteiger partial charge in [0.1, 0.15) is 0 Å². The molecular formula is C10H16Cl2O. The highest BCUT2D eigenvalue weighted by Crippen LogP contribution is 2.03. The first-order valence-corrected chi connectivity index (χ1v) is 4.99. The predicted octanol–water partition coefficient (Wildman–Crippen LogP) is 3.54. The average Bonchev–Trinajstić information content (AvgIpc) is 2.08. The van der Waals surface area contributed by atoms with Gasteiger partial charge in [0.15, 0.2) is 0 Å². The van der Waals surface area contributed by atoms with Crippen molar-refractivity contribution in [1.29, 1.82) is 0 Å². The Kier molecular flexibility index (Phi) is 13.8. The van der Waals surface area contributed by atoms with E-state index in [1.807, 2.05) is 30.3 Å². The van der Waals surface area contributed by atoms with Crippen molar-refractivity contribution in [2.45, 2.75) is 19.8 Å². The summed E-state index contributed by atoms with van der Waals surface area (Å²) in [7, 11) is 0. The average molecular weight is 223 g/mol.